The van der Waals surface area contributed by atoms with Gasteiger partial charge in [0.2, 0.25) is 17.7 Å². The molecule has 0 saturated heterocycles. The van der Waals surface area contributed by atoms with E-state index in [0.29, 0.717) is 23.6 Å². The van der Waals surface area contributed by atoms with Crippen LogP contribution in [0.1, 0.15) is 36.5 Å². The minimum atomic E-state index is -0.301. The Morgan fingerprint density at radius 3 is 2.79 bits per heavy atom. The topological polar surface area (TPSA) is 121 Å². The average molecular weight is 443 g/mol. The Balaban J connectivity index is 1.21. The third kappa shape index (κ3) is 3.25. The van der Waals surface area contributed by atoms with Gasteiger partial charge in [0.05, 0.1) is 0 Å². The average Bonchev–Trinajstić information content (AvgIpc) is 3.17. The van der Waals surface area contributed by atoms with Crippen molar-refractivity contribution in [2.75, 3.05) is 5.32 Å². The summed E-state index contributed by atoms with van der Waals surface area (Å²) in [6, 6.07) is 10.4. The first-order chi connectivity index (χ1) is 16.0. The third-order valence-electron chi connectivity index (χ3n) is 6.46. The highest BCUT2D eigenvalue weighted by atomic mass is 16.5. The van der Waals surface area contributed by atoms with Crippen LogP contribution in [-0.4, -0.2) is 35.1 Å². The molecule has 166 valence electrons. The first kappa shape index (κ1) is 19.6. The van der Waals surface area contributed by atoms with Crippen molar-refractivity contribution in [3.8, 4) is 0 Å². The number of imidazole rings is 1. The minimum absolute atomic E-state index is 0.114. The number of benzene rings is 1. The lowest BCUT2D eigenvalue weighted by atomic mass is 10.0. The number of nitrogens with one attached hydrogen (secondary N) is 1. The molecule has 3 aromatic heterocycles. The lowest BCUT2D eigenvalue weighted by molar-refractivity contribution is -0.114. The van der Waals surface area contributed by atoms with Crippen molar-refractivity contribution in [1.29, 1.82) is 0 Å². The number of nitrogens with zero attached hydrogens (tertiary/aromatic N) is 6. The highest BCUT2D eigenvalue weighted by molar-refractivity contribution is 5.89. The Labute approximate surface area is 188 Å². The van der Waals surface area contributed by atoms with E-state index in [9.17, 15) is 9.59 Å². The van der Waals surface area contributed by atoms with Crippen LogP contribution in [0.5, 0.6) is 0 Å². The Morgan fingerprint density at radius 2 is 2.06 bits per heavy atom. The molecule has 10 heteroatoms. The van der Waals surface area contributed by atoms with Crippen LogP contribution in [0.4, 0.5) is 5.95 Å². The summed E-state index contributed by atoms with van der Waals surface area (Å²) in [6.45, 7) is 1.49. The highest BCUT2D eigenvalue weighted by Gasteiger charge is 2.55. The number of anilines is 1. The van der Waals surface area contributed by atoms with Gasteiger partial charge in [-0.25, -0.2) is 4.98 Å². The number of hydrogen-bond acceptors (Lipinski definition) is 7. The molecule has 10 nitrogen and oxygen atoms in total. The number of rotatable bonds is 5. The van der Waals surface area contributed by atoms with E-state index in [2.05, 4.69) is 55.8 Å². The number of aryl methyl sites for hydroxylation is 1. The van der Waals surface area contributed by atoms with Gasteiger partial charge in [0.25, 0.3) is 5.56 Å². The molecule has 3 heterocycles. The van der Waals surface area contributed by atoms with E-state index in [1.54, 1.807) is 7.05 Å². The van der Waals surface area contributed by atoms with Crippen LogP contribution in [0.25, 0.3) is 16.7 Å². The maximum Gasteiger partial charge on any atom is 0.280 e. The molecule has 1 fully saturated rings. The number of carbonyl (C=O) groups is 1. The maximum atomic E-state index is 13.0. The van der Waals surface area contributed by atoms with E-state index in [0.717, 1.165) is 6.42 Å². The lowest BCUT2D eigenvalue weighted by Gasteiger charge is -2.05. The van der Waals surface area contributed by atoms with E-state index in [1.807, 2.05) is 6.07 Å². The smallest absolute Gasteiger partial charge is 0.280 e. The Hall–Kier alpha value is -4.08. The van der Waals surface area contributed by atoms with Crippen molar-refractivity contribution in [3.05, 3.63) is 70.4 Å². The van der Waals surface area contributed by atoms with Gasteiger partial charge in [-0.2, -0.15) is 9.97 Å². The van der Waals surface area contributed by atoms with Gasteiger partial charge >= 0.3 is 0 Å². The molecule has 0 radical (unpaired) electrons. The fraction of sp³-hybridized carbons (Fsp3) is 0.304. The number of amides is 1. The van der Waals surface area contributed by atoms with Gasteiger partial charge in [-0.1, -0.05) is 41.6 Å². The largest absolute Gasteiger partial charge is 0.337 e. The molecule has 4 aromatic rings. The summed E-state index contributed by atoms with van der Waals surface area (Å²) in [5.41, 5.74) is 2.91. The maximum absolute atomic E-state index is 13.0. The van der Waals surface area contributed by atoms with Crippen LogP contribution in [0.2, 0.25) is 0 Å². The first-order valence-corrected chi connectivity index (χ1v) is 10.8. The molecule has 6 rings (SSSR count). The molecule has 33 heavy (non-hydrogen) atoms. The molecule has 3 atom stereocenters. The zero-order valence-corrected chi connectivity index (χ0v) is 18.1. The van der Waals surface area contributed by atoms with Crippen molar-refractivity contribution in [3.63, 3.8) is 0 Å². The van der Waals surface area contributed by atoms with E-state index in [-0.39, 0.29) is 41.0 Å². The molecule has 0 bridgehead atoms. The Kier molecular flexibility index (Phi) is 4.29. The summed E-state index contributed by atoms with van der Waals surface area (Å²) in [5, 5.41) is 6.78. The number of aromatic nitrogens is 6. The second-order valence-corrected chi connectivity index (χ2v) is 8.60. The van der Waals surface area contributed by atoms with Gasteiger partial charge in [-0.15, -0.1) is 0 Å². The standard InChI is InChI=1S/C23H21N7O3/c1-12(31)25-23-27-21-19(29(23)2)22(32)30(11-24-21)10-17-26-20(28-33-17)18-15-8-14(9-16(15)18)13-6-4-3-5-7-13/h3-8,11,15-16,18H,9-10H2,1-2H3,(H,25,27,31). The van der Waals surface area contributed by atoms with Crippen molar-refractivity contribution in [2.45, 2.75) is 25.8 Å². The number of hydrogen-bond donors (Lipinski definition) is 1. The van der Waals surface area contributed by atoms with Crippen LogP contribution >= 0.6 is 0 Å². The molecular formula is C23H21N7O3. The fourth-order valence-corrected chi connectivity index (χ4v) is 4.80. The Morgan fingerprint density at radius 1 is 1.24 bits per heavy atom. The molecule has 3 unspecified atom stereocenters. The number of allylic oxidation sites excluding steroid dienone is 2. The van der Waals surface area contributed by atoms with Crippen LogP contribution in [0, 0.1) is 11.8 Å². The monoisotopic (exact) mass is 443 g/mol. The molecule has 1 saturated carbocycles. The zero-order chi connectivity index (χ0) is 22.7. The summed E-state index contributed by atoms with van der Waals surface area (Å²) in [6.07, 6.45) is 4.75. The molecule has 2 aliphatic rings. The van der Waals surface area contributed by atoms with E-state index >= 15 is 0 Å². The summed E-state index contributed by atoms with van der Waals surface area (Å²) in [7, 11) is 1.65. The third-order valence-corrected chi connectivity index (χ3v) is 6.46. The quantitative estimate of drug-likeness (QED) is 0.502. The molecule has 1 N–H and O–H groups in total. The van der Waals surface area contributed by atoms with Gasteiger partial charge in [-0.3, -0.25) is 19.5 Å². The van der Waals surface area contributed by atoms with Gasteiger partial charge in [0.15, 0.2) is 17.0 Å². The molecule has 1 amide bonds. The summed E-state index contributed by atoms with van der Waals surface area (Å²) < 4.78 is 8.37. The molecule has 1 aromatic carbocycles. The van der Waals surface area contributed by atoms with Crippen LogP contribution in [0.3, 0.4) is 0 Å². The van der Waals surface area contributed by atoms with Crippen molar-refractivity contribution in [2.24, 2.45) is 18.9 Å². The second kappa shape index (κ2) is 7.22. The second-order valence-electron chi connectivity index (χ2n) is 8.60. The van der Waals surface area contributed by atoms with E-state index in [1.165, 1.54) is 33.5 Å². The fourth-order valence-electron chi connectivity index (χ4n) is 4.80. The predicted molar refractivity (Wildman–Crippen MR) is 119 cm³/mol. The van der Waals surface area contributed by atoms with Gasteiger partial charge in [-0.05, 0) is 29.4 Å². The number of fused-ring (bicyclic) bond motifs is 2. The SMILES string of the molecule is CC(=O)Nc1nc2ncn(Cc3nc(C4C5C=C(c6ccccc6)CC54)no3)c(=O)c2n1C. The Bertz CT molecular complexity index is 1480. The van der Waals surface area contributed by atoms with E-state index < -0.39 is 0 Å². The molecule has 0 spiro atoms. The summed E-state index contributed by atoms with van der Waals surface area (Å²) in [4.78, 5) is 37.4. The summed E-state index contributed by atoms with van der Waals surface area (Å²) in [5.74, 6) is 2.25. The van der Waals surface area contributed by atoms with Crippen molar-refractivity contribution >= 4 is 28.6 Å². The van der Waals surface area contributed by atoms with Crippen LogP contribution in [0.15, 0.2) is 52.1 Å². The van der Waals surface area contributed by atoms with Gasteiger partial charge in [0, 0.05) is 19.9 Å². The van der Waals surface area contributed by atoms with Gasteiger partial charge in [0.1, 0.15) is 12.9 Å². The predicted octanol–water partition coefficient (Wildman–Crippen LogP) is 2.34. The molecule has 0 aliphatic heterocycles. The minimum Gasteiger partial charge on any atom is -0.337 e. The van der Waals surface area contributed by atoms with Gasteiger partial charge < -0.3 is 9.09 Å². The van der Waals surface area contributed by atoms with E-state index in [4.69, 9.17) is 4.52 Å². The zero-order valence-electron chi connectivity index (χ0n) is 18.1. The normalized spacial score (nSPS) is 21.2. The summed E-state index contributed by atoms with van der Waals surface area (Å²) >= 11 is 0. The highest BCUT2D eigenvalue weighted by Crippen LogP contribution is 2.62. The lowest BCUT2D eigenvalue weighted by Crippen LogP contribution is -2.23. The van der Waals surface area contributed by atoms with Crippen molar-refractivity contribution in [1.82, 2.24) is 29.2 Å². The molecule has 2 aliphatic carbocycles. The molecular weight excluding hydrogens is 422 g/mol. The van der Waals surface area contributed by atoms with Crippen molar-refractivity contribution < 1.29 is 9.32 Å². The number of carbonyl (C=O) groups excluding carboxylic acids is 1. The van der Waals surface area contributed by atoms with Crippen LogP contribution in [-0.2, 0) is 18.4 Å². The van der Waals surface area contributed by atoms with Crippen LogP contribution < -0.4 is 10.9 Å². The first-order valence-electron chi connectivity index (χ1n) is 10.8.